The first-order valence-corrected chi connectivity index (χ1v) is 13.2. The summed E-state index contributed by atoms with van der Waals surface area (Å²) in [5, 5.41) is 20.8. The summed E-state index contributed by atoms with van der Waals surface area (Å²) in [6, 6.07) is 16.3. The van der Waals surface area contributed by atoms with Crippen molar-refractivity contribution >= 4 is 46.0 Å². The largest absolute Gasteiger partial charge is 0.391 e. The van der Waals surface area contributed by atoms with Crippen LogP contribution < -0.4 is 0 Å². The summed E-state index contributed by atoms with van der Waals surface area (Å²) in [5.74, 6) is 0.565. The second-order valence-corrected chi connectivity index (χ2v) is 10.5. The van der Waals surface area contributed by atoms with E-state index >= 15 is 0 Å². The normalized spacial score (nSPS) is 16.2. The van der Waals surface area contributed by atoms with E-state index in [4.69, 9.17) is 23.2 Å². The molecule has 0 radical (unpaired) electrons. The molecule has 35 heavy (non-hydrogen) atoms. The van der Waals surface area contributed by atoms with Gasteiger partial charge < -0.3 is 5.11 Å². The van der Waals surface area contributed by atoms with Gasteiger partial charge in [-0.25, -0.2) is 9.97 Å². The van der Waals surface area contributed by atoms with Crippen LogP contribution >= 0.6 is 35.0 Å². The van der Waals surface area contributed by atoms with Crippen LogP contribution in [0.1, 0.15) is 17.2 Å². The molecule has 0 amide bonds. The maximum Gasteiger partial charge on any atom is 0.159 e. The smallest absolute Gasteiger partial charge is 0.159 e. The second-order valence-electron chi connectivity index (χ2n) is 8.62. The molecule has 3 heterocycles. The predicted octanol–water partition coefficient (Wildman–Crippen LogP) is 4.52. The number of hydrogen-bond acceptors (Lipinski definition) is 7. The first-order valence-electron chi connectivity index (χ1n) is 11.5. The first kappa shape index (κ1) is 24.5. The van der Waals surface area contributed by atoms with Gasteiger partial charge >= 0.3 is 0 Å². The van der Waals surface area contributed by atoms with Crippen molar-refractivity contribution in [3.8, 4) is 0 Å². The molecular formula is C25H26Cl2N6OS. The standard InChI is InChI=1S/C25H26Cl2N6OS/c26-19-5-1-17(2-6-19)23(18-3-7-20(27)8-4-18)33-11-9-32(10-12-33)14-21(34)15-35-25-22-13-30-31-24(22)28-16-29-25/h1-8,13,16,21,23,34H,9-12,14-15H2,(H,28,29,30,31). The molecule has 0 saturated carbocycles. The lowest BCUT2D eigenvalue weighted by Gasteiger charge is -2.40. The van der Waals surface area contributed by atoms with Gasteiger partial charge in [0.1, 0.15) is 11.4 Å². The van der Waals surface area contributed by atoms with E-state index in [1.165, 1.54) is 29.2 Å². The molecule has 0 bridgehead atoms. The minimum atomic E-state index is -0.452. The molecule has 0 aliphatic carbocycles. The first-order chi connectivity index (χ1) is 17.1. The van der Waals surface area contributed by atoms with Gasteiger partial charge in [-0.15, -0.1) is 11.8 Å². The summed E-state index contributed by atoms with van der Waals surface area (Å²) in [6.45, 7) is 4.21. The van der Waals surface area contributed by atoms with Crippen molar-refractivity contribution in [3.63, 3.8) is 0 Å². The highest BCUT2D eigenvalue weighted by Crippen LogP contribution is 2.31. The number of nitrogens with zero attached hydrogens (tertiary/aromatic N) is 5. The zero-order valence-corrected chi connectivity index (χ0v) is 21.3. The van der Waals surface area contributed by atoms with Crippen molar-refractivity contribution in [2.75, 3.05) is 38.5 Å². The Morgan fingerprint density at radius 3 is 2.17 bits per heavy atom. The molecule has 2 aromatic carbocycles. The van der Waals surface area contributed by atoms with Crippen molar-refractivity contribution in [1.82, 2.24) is 30.0 Å². The number of piperazine rings is 1. The van der Waals surface area contributed by atoms with E-state index in [-0.39, 0.29) is 6.04 Å². The van der Waals surface area contributed by atoms with E-state index in [9.17, 15) is 5.11 Å². The Morgan fingerprint density at radius 2 is 1.54 bits per heavy atom. The van der Waals surface area contributed by atoms with Crippen molar-refractivity contribution in [2.24, 2.45) is 0 Å². The minimum Gasteiger partial charge on any atom is -0.391 e. The molecule has 1 saturated heterocycles. The average molecular weight is 529 g/mol. The second kappa shape index (κ2) is 11.2. The zero-order valence-electron chi connectivity index (χ0n) is 19.0. The molecule has 1 aliphatic heterocycles. The quantitative estimate of drug-likeness (QED) is 0.257. The maximum atomic E-state index is 10.7. The summed E-state index contributed by atoms with van der Waals surface area (Å²) in [6.07, 6.45) is 2.79. The number of aliphatic hydroxyl groups is 1. The molecule has 182 valence electrons. The van der Waals surface area contributed by atoms with Crippen LogP contribution in [0.4, 0.5) is 0 Å². The Bertz CT molecular complexity index is 1200. The molecular weight excluding hydrogens is 503 g/mol. The SMILES string of the molecule is OC(CSc1ncnc2[nH]ncc12)CN1CCN(C(c2ccc(Cl)cc2)c2ccc(Cl)cc2)CC1. The molecule has 0 spiro atoms. The third-order valence-electron chi connectivity index (χ3n) is 6.24. The highest BCUT2D eigenvalue weighted by atomic mass is 35.5. The topological polar surface area (TPSA) is 81.2 Å². The van der Waals surface area contributed by atoms with Crippen molar-refractivity contribution in [2.45, 2.75) is 17.2 Å². The Morgan fingerprint density at radius 1 is 0.914 bits per heavy atom. The highest BCUT2D eigenvalue weighted by molar-refractivity contribution is 7.99. The number of aliphatic hydroxyl groups excluding tert-OH is 1. The van der Waals surface area contributed by atoms with Gasteiger partial charge in [0.2, 0.25) is 0 Å². The summed E-state index contributed by atoms with van der Waals surface area (Å²) >= 11 is 13.8. The van der Waals surface area contributed by atoms with Crippen LogP contribution in [0.5, 0.6) is 0 Å². The molecule has 1 unspecified atom stereocenters. The number of H-pyrrole nitrogens is 1. The van der Waals surface area contributed by atoms with Crippen molar-refractivity contribution in [3.05, 3.63) is 82.2 Å². The minimum absolute atomic E-state index is 0.127. The van der Waals surface area contributed by atoms with E-state index in [1.54, 1.807) is 6.20 Å². The van der Waals surface area contributed by atoms with Crippen LogP contribution in [-0.4, -0.2) is 79.7 Å². The van der Waals surface area contributed by atoms with Crippen LogP contribution in [0, 0.1) is 0 Å². The van der Waals surface area contributed by atoms with E-state index in [0.717, 1.165) is 46.6 Å². The molecule has 1 atom stereocenters. The van der Waals surface area contributed by atoms with Crippen LogP contribution in [-0.2, 0) is 0 Å². The van der Waals surface area contributed by atoms with E-state index < -0.39 is 6.10 Å². The fourth-order valence-electron chi connectivity index (χ4n) is 4.49. The number of nitrogens with one attached hydrogen (secondary N) is 1. The van der Waals surface area contributed by atoms with Gasteiger partial charge in [0.25, 0.3) is 0 Å². The number of rotatable bonds is 8. The number of thioether (sulfide) groups is 1. The lowest BCUT2D eigenvalue weighted by Crippen LogP contribution is -2.49. The molecule has 2 aromatic heterocycles. The molecule has 1 aliphatic rings. The highest BCUT2D eigenvalue weighted by Gasteiger charge is 2.27. The van der Waals surface area contributed by atoms with E-state index in [0.29, 0.717) is 17.9 Å². The summed E-state index contributed by atoms with van der Waals surface area (Å²) in [5.41, 5.74) is 3.12. The Labute approximate surface area is 218 Å². The van der Waals surface area contributed by atoms with Crippen LogP contribution in [0.25, 0.3) is 11.0 Å². The fraction of sp³-hybridized carbons (Fsp3) is 0.320. The Kier molecular flexibility index (Phi) is 7.87. The average Bonchev–Trinajstić information content (AvgIpc) is 3.36. The number of β-amino-alcohol motifs (C(OH)–C–C–N with tert-alkyl or cyclic N) is 1. The zero-order chi connectivity index (χ0) is 24.2. The number of benzene rings is 2. The van der Waals surface area contributed by atoms with Gasteiger partial charge in [-0.3, -0.25) is 14.9 Å². The molecule has 10 heteroatoms. The number of fused-ring (bicyclic) bond motifs is 1. The monoisotopic (exact) mass is 528 g/mol. The van der Waals surface area contributed by atoms with Crippen LogP contribution in [0.2, 0.25) is 10.0 Å². The summed E-state index contributed by atoms with van der Waals surface area (Å²) in [4.78, 5) is 13.3. The van der Waals surface area contributed by atoms with E-state index in [1.807, 2.05) is 24.3 Å². The third kappa shape index (κ3) is 5.97. The third-order valence-corrected chi connectivity index (χ3v) is 7.89. The number of hydrogen-bond donors (Lipinski definition) is 2. The lowest BCUT2D eigenvalue weighted by molar-refractivity contribution is 0.0708. The fourth-order valence-corrected chi connectivity index (χ4v) is 5.63. The number of aromatic nitrogens is 4. The molecule has 1 fully saturated rings. The summed E-state index contributed by atoms with van der Waals surface area (Å²) < 4.78 is 0. The number of halogens is 2. The maximum absolute atomic E-state index is 10.7. The van der Waals surface area contributed by atoms with Crippen molar-refractivity contribution in [1.29, 1.82) is 0 Å². The number of aromatic amines is 1. The molecule has 4 aromatic rings. The van der Waals surface area contributed by atoms with Crippen molar-refractivity contribution < 1.29 is 5.11 Å². The van der Waals surface area contributed by atoms with Crippen LogP contribution in [0.3, 0.4) is 0 Å². The van der Waals surface area contributed by atoms with Crippen LogP contribution in [0.15, 0.2) is 66.1 Å². The Balaban J connectivity index is 1.19. The van der Waals surface area contributed by atoms with Gasteiger partial charge in [0, 0.05) is 48.5 Å². The lowest BCUT2D eigenvalue weighted by atomic mass is 9.96. The molecule has 7 nitrogen and oxygen atoms in total. The van der Waals surface area contributed by atoms with Gasteiger partial charge in [-0.2, -0.15) is 5.10 Å². The summed E-state index contributed by atoms with van der Waals surface area (Å²) in [7, 11) is 0. The van der Waals surface area contributed by atoms with Gasteiger partial charge in [0.15, 0.2) is 5.65 Å². The van der Waals surface area contributed by atoms with Gasteiger partial charge in [-0.1, -0.05) is 47.5 Å². The van der Waals surface area contributed by atoms with Gasteiger partial charge in [0.05, 0.1) is 23.7 Å². The van der Waals surface area contributed by atoms with E-state index in [2.05, 4.69) is 54.2 Å². The molecule has 2 N–H and O–H groups in total. The molecule has 5 rings (SSSR count). The Hall–Kier alpha value is -2.20. The predicted molar refractivity (Wildman–Crippen MR) is 141 cm³/mol. The van der Waals surface area contributed by atoms with Gasteiger partial charge in [-0.05, 0) is 35.4 Å².